The van der Waals surface area contributed by atoms with Gasteiger partial charge >= 0.3 is 0 Å². The second-order valence-corrected chi connectivity index (χ2v) is 8.69. The van der Waals surface area contributed by atoms with Crippen LogP contribution < -0.4 is 14.4 Å². The molecule has 2 aromatic carbocycles. The van der Waals surface area contributed by atoms with Gasteiger partial charge in [-0.2, -0.15) is 0 Å². The fourth-order valence-corrected chi connectivity index (χ4v) is 4.49. The van der Waals surface area contributed by atoms with Crippen LogP contribution in [0.2, 0.25) is 0 Å². The van der Waals surface area contributed by atoms with Crippen LogP contribution in [-0.4, -0.2) is 56.7 Å². The molecule has 3 rings (SSSR count). The summed E-state index contributed by atoms with van der Waals surface area (Å²) in [5.74, 6) is 1.59. The third-order valence-corrected chi connectivity index (χ3v) is 6.23. The Hall–Kier alpha value is -2.35. The molecule has 1 aromatic heterocycles. The summed E-state index contributed by atoms with van der Waals surface area (Å²) >= 11 is 1.55. The van der Waals surface area contributed by atoms with Crippen molar-refractivity contribution in [2.75, 3.05) is 45.8 Å². The van der Waals surface area contributed by atoms with Crippen molar-refractivity contribution in [2.24, 2.45) is 0 Å². The maximum atomic E-state index is 13.3. The largest absolute Gasteiger partial charge is 0.494 e. The molecule has 1 amide bonds. The number of carbonyl (C=O) groups is 1. The van der Waals surface area contributed by atoms with Crippen LogP contribution in [0.5, 0.6) is 11.5 Å². The van der Waals surface area contributed by atoms with Crippen molar-refractivity contribution in [1.82, 2.24) is 9.88 Å². The van der Waals surface area contributed by atoms with E-state index in [1.807, 2.05) is 62.3 Å². The summed E-state index contributed by atoms with van der Waals surface area (Å²) in [5.41, 5.74) is 2.90. The molecule has 1 heterocycles. The van der Waals surface area contributed by atoms with E-state index in [0.29, 0.717) is 19.6 Å². The van der Waals surface area contributed by atoms with E-state index in [1.54, 1.807) is 18.4 Å². The zero-order valence-corrected chi connectivity index (χ0v) is 21.0. The van der Waals surface area contributed by atoms with Crippen LogP contribution in [0.1, 0.15) is 24.5 Å². The summed E-state index contributed by atoms with van der Waals surface area (Å²) in [7, 11) is 5.73. The number of hydrogen-bond donors (Lipinski definition) is 0. The summed E-state index contributed by atoms with van der Waals surface area (Å²) in [6.07, 6.45) is 1.19. The van der Waals surface area contributed by atoms with Gasteiger partial charge in [-0.05, 0) is 70.2 Å². The Kier molecular flexibility index (Phi) is 9.75. The predicted molar refractivity (Wildman–Crippen MR) is 135 cm³/mol. The molecule has 174 valence electrons. The Bertz CT molecular complexity index is 1020. The fourth-order valence-electron chi connectivity index (χ4n) is 3.39. The average Bonchev–Trinajstić information content (AvgIpc) is 3.19. The van der Waals surface area contributed by atoms with E-state index in [-0.39, 0.29) is 18.3 Å². The van der Waals surface area contributed by atoms with Crippen LogP contribution in [0.4, 0.5) is 5.13 Å². The first kappa shape index (κ1) is 25.9. The number of hydrogen-bond acceptors (Lipinski definition) is 6. The van der Waals surface area contributed by atoms with Gasteiger partial charge in [0.25, 0.3) is 0 Å². The topological polar surface area (TPSA) is 54.9 Å². The Morgan fingerprint density at radius 2 is 1.81 bits per heavy atom. The van der Waals surface area contributed by atoms with Crippen LogP contribution in [0.3, 0.4) is 0 Å². The van der Waals surface area contributed by atoms with Crippen LogP contribution in [0.15, 0.2) is 36.4 Å². The normalized spacial score (nSPS) is 10.8. The second-order valence-electron chi connectivity index (χ2n) is 7.71. The summed E-state index contributed by atoms with van der Waals surface area (Å²) in [5, 5.41) is 0.720. The first-order valence-corrected chi connectivity index (χ1v) is 11.4. The lowest BCUT2D eigenvalue weighted by atomic mass is 10.1. The standard InChI is InChI=1S/C24H31N3O3S.ClH/c1-6-30-19-11-9-18(10-12-19)16-21(28)27(15-7-14-26(3)4)24-25-22-20(29-5)13-8-17(2)23(22)31-24;/h8-13H,6-7,14-16H2,1-5H3;1H. The molecule has 8 heteroatoms. The van der Waals surface area contributed by atoms with E-state index in [9.17, 15) is 4.79 Å². The van der Waals surface area contributed by atoms with Crippen LogP contribution in [0, 0.1) is 6.92 Å². The molecule has 0 unspecified atom stereocenters. The Balaban J connectivity index is 0.00000363. The monoisotopic (exact) mass is 477 g/mol. The summed E-state index contributed by atoms with van der Waals surface area (Å²) < 4.78 is 12.1. The number of anilines is 1. The number of aromatic nitrogens is 1. The van der Waals surface area contributed by atoms with E-state index in [4.69, 9.17) is 14.5 Å². The average molecular weight is 478 g/mol. The number of nitrogens with zero attached hydrogens (tertiary/aromatic N) is 3. The summed E-state index contributed by atoms with van der Waals surface area (Å²) in [6, 6.07) is 11.7. The highest BCUT2D eigenvalue weighted by Gasteiger charge is 2.22. The Morgan fingerprint density at radius 1 is 1.09 bits per heavy atom. The SMILES string of the molecule is CCOc1ccc(CC(=O)N(CCCN(C)C)c2nc3c(OC)ccc(C)c3s2)cc1.Cl. The van der Waals surface area contributed by atoms with E-state index in [1.165, 1.54) is 0 Å². The summed E-state index contributed by atoms with van der Waals surface area (Å²) in [4.78, 5) is 22.1. The van der Waals surface area contributed by atoms with E-state index in [0.717, 1.165) is 50.9 Å². The van der Waals surface area contributed by atoms with Crippen molar-refractivity contribution in [1.29, 1.82) is 0 Å². The fraction of sp³-hybridized carbons (Fsp3) is 0.417. The molecule has 0 bridgehead atoms. The van der Waals surface area contributed by atoms with Crippen molar-refractivity contribution in [3.63, 3.8) is 0 Å². The van der Waals surface area contributed by atoms with E-state index >= 15 is 0 Å². The van der Waals surface area contributed by atoms with Gasteiger partial charge in [0.15, 0.2) is 5.13 Å². The molecular weight excluding hydrogens is 446 g/mol. The molecule has 0 spiro atoms. The number of rotatable bonds is 10. The number of benzene rings is 2. The number of thiazole rings is 1. The third kappa shape index (κ3) is 6.34. The number of methoxy groups -OCH3 is 1. The van der Waals surface area contributed by atoms with Crippen LogP contribution >= 0.6 is 23.7 Å². The zero-order chi connectivity index (χ0) is 22.4. The van der Waals surface area contributed by atoms with E-state index in [2.05, 4.69) is 11.8 Å². The molecule has 6 nitrogen and oxygen atoms in total. The molecule has 0 aliphatic carbocycles. The molecule has 3 aromatic rings. The Morgan fingerprint density at radius 3 is 2.44 bits per heavy atom. The van der Waals surface area contributed by atoms with Gasteiger partial charge in [0, 0.05) is 6.54 Å². The van der Waals surface area contributed by atoms with Gasteiger partial charge in [-0.1, -0.05) is 29.5 Å². The van der Waals surface area contributed by atoms with Gasteiger partial charge in [-0.3, -0.25) is 9.69 Å². The number of fused-ring (bicyclic) bond motifs is 1. The zero-order valence-electron chi connectivity index (χ0n) is 19.4. The first-order valence-electron chi connectivity index (χ1n) is 10.5. The van der Waals surface area contributed by atoms with Gasteiger partial charge < -0.3 is 14.4 Å². The lowest BCUT2D eigenvalue weighted by Gasteiger charge is -2.21. The number of amides is 1. The minimum absolute atomic E-state index is 0. The molecular formula is C24H32ClN3O3S. The molecule has 0 saturated heterocycles. The number of halogens is 1. The predicted octanol–water partition coefficient (Wildman–Crippen LogP) is 4.96. The number of aryl methyl sites for hydroxylation is 1. The highest BCUT2D eigenvalue weighted by Crippen LogP contribution is 2.36. The molecule has 0 aliphatic heterocycles. The van der Waals surface area contributed by atoms with E-state index < -0.39 is 0 Å². The van der Waals surface area contributed by atoms with Crippen molar-refractivity contribution in [3.05, 3.63) is 47.5 Å². The number of ether oxygens (including phenoxy) is 2. The third-order valence-electron chi connectivity index (χ3n) is 5.02. The second kappa shape index (κ2) is 12.0. The van der Waals surface area contributed by atoms with Crippen molar-refractivity contribution < 1.29 is 14.3 Å². The molecule has 0 radical (unpaired) electrons. The molecule has 0 saturated carbocycles. The lowest BCUT2D eigenvalue weighted by Crippen LogP contribution is -2.34. The van der Waals surface area contributed by atoms with Gasteiger partial charge in [0.1, 0.15) is 17.0 Å². The van der Waals surface area contributed by atoms with Gasteiger partial charge in [0.2, 0.25) is 5.91 Å². The highest BCUT2D eigenvalue weighted by molar-refractivity contribution is 7.22. The molecule has 0 atom stereocenters. The van der Waals surface area contributed by atoms with Crippen molar-refractivity contribution >= 4 is 45.0 Å². The van der Waals surface area contributed by atoms with Gasteiger partial charge in [-0.25, -0.2) is 4.98 Å². The van der Waals surface area contributed by atoms with Gasteiger partial charge in [0.05, 0.1) is 24.8 Å². The quantitative estimate of drug-likeness (QED) is 0.413. The van der Waals surface area contributed by atoms with Gasteiger partial charge in [-0.15, -0.1) is 12.4 Å². The Labute approximate surface area is 200 Å². The lowest BCUT2D eigenvalue weighted by molar-refractivity contribution is -0.118. The molecule has 32 heavy (non-hydrogen) atoms. The molecule has 0 fully saturated rings. The number of carbonyl (C=O) groups excluding carboxylic acids is 1. The summed E-state index contributed by atoms with van der Waals surface area (Å²) in [6.45, 7) is 6.16. The minimum Gasteiger partial charge on any atom is -0.494 e. The van der Waals surface area contributed by atoms with Crippen molar-refractivity contribution in [2.45, 2.75) is 26.7 Å². The van der Waals surface area contributed by atoms with Crippen LogP contribution in [-0.2, 0) is 11.2 Å². The van der Waals surface area contributed by atoms with Crippen LogP contribution in [0.25, 0.3) is 10.2 Å². The first-order chi connectivity index (χ1) is 14.9. The maximum absolute atomic E-state index is 13.3. The highest BCUT2D eigenvalue weighted by atomic mass is 35.5. The molecule has 0 N–H and O–H groups in total. The van der Waals surface area contributed by atoms with Crippen molar-refractivity contribution in [3.8, 4) is 11.5 Å². The maximum Gasteiger partial charge on any atom is 0.233 e. The smallest absolute Gasteiger partial charge is 0.233 e. The molecule has 0 aliphatic rings. The minimum atomic E-state index is 0.